The number of thiazole rings is 1. The van der Waals surface area contributed by atoms with Gasteiger partial charge in [0.15, 0.2) is 5.52 Å². The molecule has 112 valence electrons. The van der Waals surface area contributed by atoms with E-state index in [4.69, 9.17) is 0 Å². The number of fused-ring (bicyclic) bond motifs is 1. The van der Waals surface area contributed by atoms with Crippen LogP contribution in [0.3, 0.4) is 0 Å². The molecule has 1 fully saturated rings. The van der Waals surface area contributed by atoms with Crippen molar-refractivity contribution in [2.45, 2.75) is 31.8 Å². The Bertz CT molecular complexity index is 668. The number of nitro benzene ring substituents is 1. The number of likely N-dealkylation sites (N-methyl/N-ethyl adjacent to an activating group) is 1. The molecule has 1 N–H and O–H groups in total. The average Bonchev–Trinajstić information content (AvgIpc) is 3.20. The minimum Gasteiger partial charge on any atom is -0.378 e. The molecular formula is C14H18N4O2S. The van der Waals surface area contributed by atoms with E-state index in [1.54, 1.807) is 11.6 Å². The number of rotatable bonds is 6. The molecule has 3 rings (SSSR count). The zero-order valence-corrected chi connectivity index (χ0v) is 12.9. The zero-order valence-electron chi connectivity index (χ0n) is 12.1. The lowest BCUT2D eigenvalue weighted by Gasteiger charge is -2.25. The van der Waals surface area contributed by atoms with Gasteiger partial charge in [0, 0.05) is 18.6 Å². The first-order valence-corrected chi connectivity index (χ1v) is 7.92. The quantitative estimate of drug-likeness (QED) is 0.656. The second-order valence-electron chi connectivity index (χ2n) is 5.54. The van der Waals surface area contributed by atoms with Gasteiger partial charge in [-0.15, -0.1) is 11.3 Å². The maximum atomic E-state index is 11.4. The number of aromatic nitrogens is 1. The van der Waals surface area contributed by atoms with E-state index in [1.807, 2.05) is 6.07 Å². The second kappa shape index (κ2) is 5.57. The van der Waals surface area contributed by atoms with E-state index in [2.05, 4.69) is 29.2 Å². The van der Waals surface area contributed by atoms with Crippen LogP contribution in [0.4, 0.5) is 11.4 Å². The summed E-state index contributed by atoms with van der Waals surface area (Å²) in [5, 5.41) is 14.6. The van der Waals surface area contributed by atoms with Crippen LogP contribution < -0.4 is 5.32 Å². The van der Waals surface area contributed by atoms with Crippen LogP contribution in [-0.4, -0.2) is 40.5 Å². The Balaban J connectivity index is 1.79. The van der Waals surface area contributed by atoms with E-state index < -0.39 is 0 Å². The highest BCUT2D eigenvalue weighted by Crippen LogP contribution is 2.34. The summed E-state index contributed by atoms with van der Waals surface area (Å²) in [7, 11) is 2.11. The molecule has 1 saturated carbocycles. The molecule has 7 heteroatoms. The van der Waals surface area contributed by atoms with E-state index in [0.29, 0.717) is 29.8 Å². The summed E-state index contributed by atoms with van der Waals surface area (Å²) in [6.07, 6.45) is 2.51. The highest BCUT2D eigenvalue weighted by molar-refractivity contribution is 7.16. The SMILES string of the molecule is CC(CNc1ccc2scnc2c1[N+](=O)[O-])N(C)C1CC1. The van der Waals surface area contributed by atoms with Crippen molar-refractivity contribution >= 4 is 32.9 Å². The Morgan fingerprint density at radius 2 is 2.33 bits per heavy atom. The topological polar surface area (TPSA) is 71.3 Å². The highest BCUT2D eigenvalue weighted by atomic mass is 32.1. The largest absolute Gasteiger partial charge is 0.378 e. The van der Waals surface area contributed by atoms with Gasteiger partial charge in [-0.3, -0.25) is 15.0 Å². The van der Waals surface area contributed by atoms with E-state index in [0.717, 1.165) is 4.70 Å². The molecule has 6 nitrogen and oxygen atoms in total. The van der Waals surface area contributed by atoms with Gasteiger partial charge in [-0.1, -0.05) is 0 Å². The first kappa shape index (κ1) is 14.2. The fourth-order valence-electron chi connectivity index (χ4n) is 2.49. The lowest BCUT2D eigenvalue weighted by atomic mass is 10.2. The minimum absolute atomic E-state index is 0.0787. The average molecular weight is 306 g/mol. The number of hydrogen-bond acceptors (Lipinski definition) is 6. The summed E-state index contributed by atoms with van der Waals surface area (Å²) in [4.78, 5) is 17.5. The van der Waals surface area contributed by atoms with E-state index in [9.17, 15) is 10.1 Å². The summed E-state index contributed by atoms with van der Waals surface area (Å²) in [5.41, 5.74) is 2.74. The van der Waals surface area contributed by atoms with Crippen molar-refractivity contribution in [2.24, 2.45) is 0 Å². The molecule has 0 aliphatic heterocycles. The molecule has 2 aromatic rings. The van der Waals surface area contributed by atoms with Crippen molar-refractivity contribution < 1.29 is 4.92 Å². The van der Waals surface area contributed by atoms with Crippen molar-refractivity contribution in [3.05, 3.63) is 27.8 Å². The van der Waals surface area contributed by atoms with Gasteiger partial charge in [-0.25, -0.2) is 4.98 Å². The number of nitro groups is 1. The Labute approximate surface area is 126 Å². The van der Waals surface area contributed by atoms with Gasteiger partial charge < -0.3 is 5.32 Å². The number of anilines is 1. The lowest BCUT2D eigenvalue weighted by molar-refractivity contribution is -0.382. The molecule has 1 aliphatic carbocycles. The van der Waals surface area contributed by atoms with Crippen molar-refractivity contribution in [3.8, 4) is 0 Å². The molecule has 0 spiro atoms. The molecule has 0 saturated heterocycles. The number of nitrogens with zero attached hydrogens (tertiary/aromatic N) is 3. The maximum Gasteiger partial charge on any atom is 0.319 e. The van der Waals surface area contributed by atoms with Gasteiger partial charge in [0.2, 0.25) is 0 Å². The van der Waals surface area contributed by atoms with Crippen LogP contribution >= 0.6 is 11.3 Å². The molecule has 21 heavy (non-hydrogen) atoms. The first-order valence-electron chi connectivity index (χ1n) is 7.04. The summed E-state index contributed by atoms with van der Waals surface area (Å²) in [5.74, 6) is 0. The van der Waals surface area contributed by atoms with Gasteiger partial charge in [0.05, 0.1) is 15.1 Å². The molecule has 0 bridgehead atoms. The molecule has 1 aliphatic rings. The van der Waals surface area contributed by atoms with Crippen LogP contribution in [0.1, 0.15) is 19.8 Å². The molecule has 1 heterocycles. The third-order valence-electron chi connectivity index (χ3n) is 4.06. The Kier molecular flexibility index (Phi) is 3.77. The summed E-state index contributed by atoms with van der Waals surface area (Å²) >= 11 is 1.42. The van der Waals surface area contributed by atoms with E-state index in [1.165, 1.54) is 24.2 Å². The predicted octanol–water partition coefficient (Wildman–Crippen LogP) is 3.10. The number of hydrogen-bond donors (Lipinski definition) is 1. The van der Waals surface area contributed by atoms with Crippen LogP contribution in [0.5, 0.6) is 0 Å². The molecule has 1 aromatic carbocycles. The van der Waals surface area contributed by atoms with Crippen molar-refractivity contribution in [3.63, 3.8) is 0 Å². The van der Waals surface area contributed by atoms with Crippen LogP contribution in [0.25, 0.3) is 10.2 Å². The number of nitrogens with one attached hydrogen (secondary N) is 1. The molecule has 0 amide bonds. The molecule has 0 radical (unpaired) electrons. The Morgan fingerprint density at radius 1 is 1.57 bits per heavy atom. The van der Waals surface area contributed by atoms with Crippen LogP contribution in [-0.2, 0) is 0 Å². The monoisotopic (exact) mass is 306 g/mol. The minimum atomic E-state index is -0.348. The molecule has 1 aromatic heterocycles. The maximum absolute atomic E-state index is 11.4. The smallest absolute Gasteiger partial charge is 0.319 e. The third-order valence-corrected chi connectivity index (χ3v) is 4.86. The summed E-state index contributed by atoms with van der Waals surface area (Å²) in [6.45, 7) is 2.82. The predicted molar refractivity (Wildman–Crippen MR) is 85.0 cm³/mol. The van der Waals surface area contributed by atoms with E-state index >= 15 is 0 Å². The van der Waals surface area contributed by atoms with Gasteiger partial charge in [-0.05, 0) is 38.9 Å². The standard InChI is InChI=1S/C14H18N4O2S/c1-9(17(2)10-3-4-10)7-15-11-5-6-12-13(16-8-21-12)14(11)18(19)20/h5-6,8-10,15H,3-4,7H2,1-2H3. The Hall–Kier alpha value is -1.73. The van der Waals surface area contributed by atoms with E-state index in [-0.39, 0.29) is 10.6 Å². The Morgan fingerprint density at radius 3 is 3.00 bits per heavy atom. The van der Waals surface area contributed by atoms with Gasteiger partial charge in [-0.2, -0.15) is 0 Å². The summed E-state index contributed by atoms with van der Waals surface area (Å²) in [6, 6.07) is 4.68. The van der Waals surface area contributed by atoms with Crippen molar-refractivity contribution in [2.75, 3.05) is 18.9 Å². The van der Waals surface area contributed by atoms with Gasteiger partial charge >= 0.3 is 5.69 Å². The van der Waals surface area contributed by atoms with Crippen LogP contribution in [0.2, 0.25) is 0 Å². The molecule has 1 atom stereocenters. The van der Waals surface area contributed by atoms with Crippen LogP contribution in [0, 0.1) is 10.1 Å². The third kappa shape index (κ3) is 2.84. The lowest BCUT2D eigenvalue weighted by Crippen LogP contribution is -2.36. The highest BCUT2D eigenvalue weighted by Gasteiger charge is 2.29. The van der Waals surface area contributed by atoms with Gasteiger partial charge in [0.1, 0.15) is 5.69 Å². The number of benzene rings is 1. The van der Waals surface area contributed by atoms with Crippen molar-refractivity contribution in [1.82, 2.24) is 9.88 Å². The second-order valence-corrected chi connectivity index (χ2v) is 6.43. The first-order chi connectivity index (χ1) is 10.1. The molecule has 1 unspecified atom stereocenters. The van der Waals surface area contributed by atoms with Crippen LogP contribution in [0.15, 0.2) is 17.6 Å². The fraction of sp³-hybridized carbons (Fsp3) is 0.500. The van der Waals surface area contributed by atoms with Gasteiger partial charge in [0.25, 0.3) is 0 Å². The zero-order chi connectivity index (χ0) is 15.0. The fourth-order valence-corrected chi connectivity index (χ4v) is 3.17. The normalized spacial score (nSPS) is 16.3. The van der Waals surface area contributed by atoms with Crippen molar-refractivity contribution in [1.29, 1.82) is 0 Å². The molecular weight excluding hydrogens is 288 g/mol. The summed E-state index contributed by atoms with van der Waals surface area (Å²) < 4.78 is 0.843.